The molecule has 1 N–H and O–H groups in total. The van der Waals surface area contributed by atoms with Gasteiger partial charge in [-0.15, -0.1) is 0 Å². The first kappa shape index (κ1) is 16.5. The number of nitrogens with zero attached hydrogens (tertiary/aromatic N) is 1. The van der Waals surface area contributed by atoms with Crippen LogP contribution in [0.15, 0.2) is 48.5 Å². The zero-order valence-corrected chi connectivity index (χ0v) is 12.9. The van der Waals surface area contributed by atoms with Gasteiger partial charge in [-0.25, -0.2) is 0 Å². The van der Waals surface area contributed by atoms with E-state index >= 15 is 0 Å². The third kappa shape index (κ3) is 4.31. The van der Waals surface area contributed by atoms with Gasteiger partial charge in [0.05, 0.1) is 12.0 Å². The molecule has 0 atom stereocenters. The summed E-state index contributed by atoms with van der Waals surface area (Å²) in [6.45, 7) is 0. The van der Waals surface area contributed by atoms with Crippen LogP contribution in [-0.4, -0.2) is 17.9 Å². The van der Waals surface area contributed by atoms with Crippen molar-refractivity contribution in [1.29, 1.82) is 0 Å². The standard InChI is InChI=1S/C16H13ClN2O4/c1-23-15-5-3-2-4-11(15)6-9-16(20)18-12-7-8-13(17)14(10-12)19(21)22/h2-10H,1H3,(H,18,20)/b9-6+. The lowest BCUT2D eigenvalue weighted by atomic mass is 10.2. The molecule has 7 heteroatoms. The van der Waals surface area contributed by atoms with Crippen LogP contribution in [0.4, 0.5) is 11.4 Å². The number of ether oxygens (including phenoxy) is 1. The van der Waals surface area contributed by atoms with Crippen molar-refractivity contribution < 1.29 is 14.5 Å². The topological polar surface area (TPSA) is 81.5 Å². The number of anilines is 1. The largest absolute Gasteiger partial charge is 0.496 e. The normalized spacial score (nSPS) is 10.5. The molecule has 0 aliphatic rings. The molecule has 23 heavy (non-hydrogen) atoms. The number of hydrogen-bond donors (Lipinski definition) is 1. The minimum Gasteiger partial charge on any atom is -0.496 e. The summed E-state index contributed by atoms with van der Waals surface area (Å²) in [5, 5.41) is 13.4. The van der Waals surface area contributed by atoms with E-state index in [1.54, 1.807) is 25.3 Å². The molecule has 0 radical (unpaired) electrons. The number of halogens is 1. The summed E-state index contributed by atoms with van der Waals surface area (Å²) >= 11 is 5.72. The monoisotopic (exact) mass is 332 g/mol. The van der Waals surface area contributed by atoms with Crippen molar-refractivity contribution in [3.63, 3.8) is 0 Å². The first-order valence-electron chi connectivity index (χ1n) is 6.57. The highest BCUT2D eigenvalue weighted by molar-refractivity contribution is 6.32. The molecule has 118 valence electrons. The van der Waals surface area contributed by atoms with Crippen LogP contribution in [0.5, 0.6) is 5.75 Å². The number of hydrogen-bond acceptors (Lipinski definition) is 4. The maximum absolute atomic E-state index is 11.9. The molecule has 0 spiro atoms. The van der Waals surface area contributed by atoms with E-state index in [0.29, 0.717) is 5.75 Å². The summed E-state index contributed by atoms with van der Waals surface area (Å²) in [5.74, 6) is 0.214. The molecule has 2 aromatic rings. The van der Waals surface area contributed by atoms with Crippen molar-refractivity contribution in [3.05, 3.63) is 69.2 Å². The molecule has 0 bridgehead atoms. The highest BCUT2D eigenvalue weighted by Crippen LogP contribution is 2.27. The quantitative estimate of drug-likeness (QED) is 0.511. The number of benzene rings is 2. The van der Waals surface area contributed by atoms with Crippen molar-refractivity contribution in [2.75, 3.05) is 12.4 Å². The van der Waals surface area contributed by atoms with Gasteiger partial charge in [-0.2, -0.15) is 0 Å². The number of nitro benzene ring substituents is 1. The number of rotatable bonds is 5. The van der Waals surface area contributed by atoms with Crippen LogP contribution in [0.1, 0.15) is 5.56 Å². The van der Waals surface area contributed by atoms with E-state index in [-0.39, 0.29) is 16.4 Å². The molecule has 0 aliphatic heterocycles. The van der Waals surface area contributed by atoms with Crippen LogP contribution < -0.4 is 10.1 Å². The van der Waals surface area contributed by atoms with Crippen LogP contribution in [0, 0.1) is 10.1 Å². The number of methoxy groups -OCH3 is 1. The highest BCUT2D eigenvalue weighted by atomic mass is 35.5. The fourth-order valence-corrected chi connectivity index (χ4v) is 2.07. The van der Waals surface area contributed by atoms with Gasteiger partial charge in [0, 0.05) is 23.4 Å². The maximum atomic E-state index is 11.9. The van der Waals surface area contributed by atoms with E-state index < -0.39 is 10.8 Å². The number of nitrogens with one attached hydrogen (secondary N) is 1. The highest BCUT2D eigenvalue weighted by Gasteiger charge is 2.13. The van der Waals surface area contributed by atoms with Gasteiger partial charge >= 0.3 is 0 Å². The first-order valence-corrected chi connectivity index (χ1v) is 6.95. The minimum absolute atomic E-state index is 0.0116. The van der Waals surface area contributed by atoms with Crippen molar-refractivity contribution in [2.45, 2.75) is 0 Å². The SMILES string of the molecule is COc1ccccc1/C=C/C(=O)Nc1ccc(Cl)c([N+](=O)[O-])c1. The van der Waals surface area contributed by atoms with Gasteiger partial charge in [-0.1, -0.05) is 29.8 Å². The Hall–Kier alpha value is -2.86. The summed E-state index contributed by atoms with van der Waals surface area (Å²) < 4.78 is 5.18. The van der Waals surface area contributed by atoms with E-state index in [1.165, 1.54) is 24.3 Å². The summed E-state index contributed by atoms with van der Waals surface area (Å²) in [4.78, 5) is 22.1. The average molecular weight is 333 g/mol. The predicted molar refractivity (Wildman–Crippen MR) is 88.8 cm³/mol. The lowest BCUT2D eigenvalue weighted by Gasteiger charge is -2.04. The van der Waals surface area contributed by atoms with Crippen LogP contribution in [0.25, 0.3) is 6.08 Å². The Kier molecular flexibility index (Phi) is 5.32. The van der Waals surface area contributed by atoms with Gasteiger partial charge in [0.2, 0.25) is 5.91 Å². The second-order valence-electron chi connectivity index (χ2n) is 4.49. The third-order valence-corrected chi connectivity index (χ3v) is 3.28. The Morgan fingerprint density at radius 1 is 1.30 bits per heavy atom. The molecule has 0 aliphatic carbocycles. The molecule has 6 nitrogen and oxygen atoms in total. The number of nitro groups is 1. The van der Waals surface area contributed by atoms with Gasteiger partial charge in [-0.05, 0) is 24.3 Å². The summed E-state index contributed by atoms with van der Waals surface area (Å²) in [6, 6.07) is 11.3. The van der Waals surface area contributed by atoms with Gasteiger partial charge in [0.1, 0.15) is 10.8 Å². The number of para-hydroxylation sites is 1. The Morgan fingerprint density at radius 3 is 2.74 bits per heavy atom. The zero-order valence-electron chi connectivity index (χ0n) is 12.2. The second-order valence-corrected chi connectivity index (χ2v) is 4.90. The summed E-state index contributed by atoms with van der Waals surface area (Å²) in [5.41, 5.74) is 0.765. The Labute approximate surface area is 137 Å². The van der Waals surface area contributed by atoms with Crippen LogP contribution in [-0.2, 0) is 4.79 Å². The third-order valence-electron chi connectivity index (χ3n) is 2.96. The van der Waals surface area contributed by atoms with E-state index in [1.807, 2.05) is 12.1 Å². The fourth-order valence-electron chi connectivity index (χ4n) is 1.88. The van der Waals surface area contributed by atoms with E-state index in [4.69, 9.17) is 16.3 Å². The van der Waals surface area contributed by atoms with Crippen LogP contribution in [0.2, 0.25) is 5.02 Å². The van der Waals surface area contributed by atoms with Gasteiger partial charge in [0.25, 0.3) is 5.69 Å². The second kappa shape index (κ2) is 7.42. The molecule has 0 unspecified atom stereocenters. The van der Waals surface area contributed by atoms with Crippen molar-refractivity contribution >= 4 is 35.0 Å². The maximum Gasteiger partial charge on any atom is 0.289 e. The Bertz CT molecular complexity index is 774. The van der Waals surface area contributed by atoms with Gasteiger partial charge < -0.3 is 10.1 Å². The molecule has 0 saturated heterocycles. The summed E-state index contributed by atoms with van der Waals surface area (Å²) in [6.07, 6.45) is 2.91. The van der Waals surface area contributed by atoms with E-state index in [2.05, 4.69) is 5.32 Å². The van der Waals surface area contributed by atoms with Gasteiger partial charge in [0.15, 0.2) is 0 Å². The molecule has 0 aromatic heterocycles. The molecule has 0 heterocycles. The molecule has 0 fully saturated rings. The van der Waals surface area contributed by atoms with E-state index in [0.717, 1.165) is 5.56 Å². The lowest BCUT2D eigenvalue weighted by molar-refractivity contribution is -0.384. The molecule has 2 rings (SSSR count). The minimum atomic E-state index is -0.608. The fraction of sp³-hybridized carbons (Fsp3) is 0.0625. The molecule has 0 saturated carbocycles. The molecule has 2 aromatic carbocycles. The smallest absolute Gasteiger partial charge is 0.289 e. The van der Waals surface area contributed by atoms with Crippen molar-refractivity contribution in [3.8, 4) is 5.75 Å². The van der Waals surface area contributed by atoms with Crippen LogP contribution in [0.3, 0.4) is 0 Å². The lowest BCUT2D eigenvalue weighted by Crippen LogP contribution is -2.08. The molecule has 1 amide bonds. The average Bonchev–Trinajstić information content (AvgIpc) is 2.54. The molecular weight excluding hydrogens is 320 g/mol. The number of amides is 1. The Balaban J connectivity index is 2.12. The van der Waals surface area contributed by atoms with Gasteiger partial charge in [-0.3, -0.25) is 14.9 Å². The van der Waals surface area contributed by atoms with Crippen molar-refractivity contribution in [2.24, 2.45) is 0 Å². The summed E-state index contributed by atoms with van der Waals surface area (Å²) in [7, 11) is 1.54. The number of carbonyl (C=O) groups excluding carboxylic acids is 1. The molecular formula is C16H13ClN2O4. The zero-order chi connectivity index (χ0) is 16.8. The first-order chi connectivity index (χ1) is 11.0. The Morgan fingerprint density at radius 2 is 2.04 bits per heavy atom. The van der Waals surface area contributed by atoms with E-state index in [9.17, 15) is 14.9 Å². The predicted octanol–water partition coefficient (Wildman–Crippen LogP) is 3.91. The number of carbonyl (C=O) groups is 1. The van der Waals surface area contributed by atoms with Crippen LogP contribution >= 0.6 is 11.6 Å². The van der Waals surface area contributed by atoms with Crippen molar-refractivity contribution in [1.82, 2.24) is 0 Å².